The summed E-state index contributed by atoms with van der Waals surface area (Å²) in [4.78, 5) is 2.57. The third kappa shape index (κ3) is 4.05. The van der Waals surface area contributed by atoms with Crippen LogP contribution in [0.15, 0.2) is 18.2 Å². The largest absolute Gasteiger partial charge is 0.368 e. The molecule has 0 amide bonds. The Morgan fingerprint density at radius 2 is 1.95 bits per heavy atom. The zero-order chi connectivity index (χ0) is 14.5. The first-order valence-electron chi connectivity index (χ1n) is 7.73. The molecule has 1 aliphatic carbocycles. The number of alkyl halides is 1. The summed E-state index contributed by atoms with van der Waals surface area (Å²) in [5.74, 6) is 1.21. The Morgan fingerprint density at radius 1 is 1.25 bits per heavy atom. The Bertz CT molecular complexity index is 425. The Hall–Kier alpha value is -0.400. The van der Waals surface area contributed by atoms with Gasteiger partial charge in [0.1, 0.15) is 0 Å². The predicted octanol–water partition coefficient (Wildman–Crippen LogP) is 5.87. The van der Waals surface area contributed by atoms with Crippen molar-refractivity contribution in [3.8, 4) is 0 Å². The van der Waals surface area contributed by atoms with Crippen LogP contribution < -0.4 is 4.90 Å². The van der Waals surface area contributed by atoms with Gasteiger partial charge in [-0.3, -0.25) is 0 Å². The summed E-state index contributed by atoms with van der Waals surface area (Å²) in [6, 6.07) is 7.04. The summed E-state index contributed by atoms with van der Waals surface area (Å²) in [6.45, 7) is 5.70. The van der Waals surface area contributed by atoms with Gasteiger partial charge in [0.15, 0.2) is 0 Å². The number of benzene rings is 1. The number of hydrogen-bond donors (Lipinski definition) is 0. The molecule has 0 bridgehead atoms. The van der Waals surface area contributed by atoms with E-state index in [1.165, 1.54) is 37.8 Å². The Kier molecular flexibility index (Phi) is 6.04. The van der Waals surface area contributed by atoms with Gasteiger partial charge >= 0.3 is 0 Å². The molecule has 0 spiro atoms. The molecule has 1 saturated carbocycles. The topological polar surface area (TPSA) is 3.24 Å². The van der Waals surface area contributed by atoms with Crippen LogP contribution in [0.25, 0.3) is 0 Å². The number of nitrogens with zero attached hydrogens (tertiary/aromatic N) is 1. The van der Waals surface area contributed by atoms with E-state index in [-0.39, 0.29) is 0 Å². The molecule has 1 aliphatic rings. The maximum absolute atomic E-state index is 6.33. The molecule has 0 aliphatic heterocycles. The molecule has 0 radical (unpaired) electrons. The van der Waals surface area contributed by atoms with Crippen LogP contribution in [0.1, 0.15) is 51.5 Å². The van der Waals surface area contributed by atoms with E-state index in [2.05, 4.69) is 36.9 Å². The SMILES string of the molecule is CC(C)CCN(c1ccc(CCl)c(Cl)c1)C1CCCC1. The van der Waals surface area contributed by atoms with Gasteiger partial charge in [-0.05, 0) is 42.9 Å². The molecular formula is C17H25Cl2N. The summed E-state index contributed by atoms with van der Waals surface area (Å²) in [7, 11) is 0. The second-order valence-corrected chi connectivity index (χ2v) is 6.90. The number of anilines is 1. The molecule has 0 aromatic heterocycles. The molecule has 1 aromatic rings. The summed E-state index contributed by atoms with van der Waals surface area (Å²) in [5, 5.41) is 0.796. The Labute approximate surface area is 133 Å². The normalized spacial score (nSPS) is 16.1. The maximum Gasteiger partial charge on any atom is 0.0488 e. The average molecular weight is 314 g/mol. The summed E-state index contributed by atoms with van der Waals surface area (Å²) in [6.07, 6.45) is 6.57. The fourth-order valence-corrected chi connectivity index (χ4v) is 3.50. The Morgan fingerprint density at radius 3 is 2.50 bits per heavy atom. The van der Waals surface area contributed by atoms with E-state index < -0.39 is 0 Å². The quantitative estimate of drug-likeness (QED) is 0.593. The van der Waals surface area contributed by atoms with Crippen molar-refractivity contribution in [2.24, 2.45) is 5.92 Å². The van der Waals surface area contributed by atoms with Gasteiger partial charge in [0, 0.05) is 29.2 Å². The molecule has 3 heteroatoms. The van der Waals surface area contributed by atoms with Crippen LogP contribution in [0, 0.1) is 5.92 Å². The van der Waals surface area contributed by atoms with E-state index in [0.717, 1.165) is 23.0 Å². The van der Waals surface area contributed by atoms with Crippen molar-refractivity contribution in [3.63, 3.8) is 0 Å². The van der Waals surface area contributed by atoms with E-state index in [0.29, 0.717) is 11.9 Å². The third-order valence-electron chi connectivity index (χ3n) is 4.23. The fourth-order valence-electron chi connectivity index (χ4n) is 2.96. The van der Waals surface area contributed by atoms with Gasteiger partial charge < -0.3 is 4.90 Å². The van der Waals surface area contributed by atoms with E-state index in [9.17, 15) is 0 Å². The molecule has 0 N–H and O–H groups in total. The lowest BCUT2D eigenvalue weighted by Crippen LogP contribution is -2.34. The summed E-state index contributed by atoms with van der Waals surface area (Å²) < 4.78 is 0. The van der Waals surface area contributed by atoms with E-state index in [4.69, 9.17) is 23.2 Å². The molecule has 20 heavy (non-hydrogen) atoms. The molecule has 1 nitrogen and oxygen atoms in total. The first kappa shape index (κ1) is 16.0. The third-order valence-corrected chi connectivity index (χ3v) is 4.86. The van der Waals surface area contributed by atoms with Crippen LogP contribution >= 0.6 is 23.2 Å². The lowest BCUT2D eigenvalue weighted by molar-refractivity contribution is 0.528. The van der Waals surface area contributed by atoms with Gasteiger partial charge in [-0.15, -0.1) is 11.6 Å². The minimum Gasteiger partial charge on any atom is -0.368 e. The van der Waals surface area contributed by atoms with Crippen molar-refractivity contribution in [3.05, 3.63) is 28.8 Å². The van der Waals surface area contributed by atoms with E-state index in [1.807, 2.05) is 0 Å². The van der Waals surface area contributed by atoms with Crippen molar-refractivity contribution in [2.45, 2.75) is 57.9 Å². The lowest BCUT2D eigenvalue weighted by atomic mass is 10.1. The van der Waals surface area contributed by atoms with Crippen LogP contribution in [-0.4, -0.2) is 12.6 Å². The van der Waals surface area contributed by atoms with Crippen LogP contribution in [0.5, 0.6) is 0 Å². The highest BCUT2D eigenvalue weighted by atomic mass is 35.5. The first-order chi connectivity index (χ1) is 9.61. The van der Waals surface area contributed by atoms with Crippen molar-refractivity contribution in [1.82, 2.24) is 0 Å². The van der Waals surface area contributed by atoms with Crippen molar-refractivity contribution in [2.75, 3.05) is 11.4 Å². The standard InChI is InChI=1S/C17H25Cl2N/c1-13(2)9-10-20(15-5-3-4-6-15)16-8-7-14(12-18)17(19)11-16/h7-8,11,13,15H,3-6,9-10,12H2,1-2H3. The molecule has 112 valence electrons. The van der Waals surface area contributed by atoms with Crippen molar-refractivity contribution >= 4 is 28.9 Å². The molecule has 2 rings (SSSR count). The molecule has 1 fully saturated rings. The predicted molar refractivity (Wildman–Crippen MR) is 90.1 cm³/mol. The van der Waals surface area contributed by atoms with Gasteiger partial charge in [-0.2, -0.15) is 0 Å². The van der Waals surface area contributed by atoms with E-state index >= 15 is 0 Å². The monoisotopic (exact) mass is 313 g/mol. The lowest BCUT2D eigenvalue weighted by Gasteiger charge is -2.32. The highest BCUT2D eigenvalue weighted by Gasteiger charge is 2.23. The smallest absolute Gasteiger partial charge is 0.0488 e. The van der Waals surface area contributed by atoms with Crippen LogP contribution in [-0.2, 0) is 5.88 Å². The van der Waals surface area contributed by atoms with Gasteiger partial charge in [-0.1, -0.05) is 44.4 Å². The second-order valence-electron chi connectivity index (χ2n) is 6.22. The second kappa shape index (κ2) is 7.56. The highest BCUT2D eigenvalue weighted by molar-refractivity contribution is 6.32. The van der Waals surface area contributed by atoms with Crippen LogP contribution in [0.3, 0.4) is 0 Å². The first-order valence-corrected chi connectivity index (χ1v) is 8.64. The van der Waals surface area contributed by atoms with Crippen molar-refractivity contribution in [1.29, 1.82) is 0 Å². The average Bonchev–Trinajstić information content (AvgIpc) is 2.93. The summed E-state index contributed by atoms with van der Waals surface area (Å²) in [5.41, 5.74) is 2.28. The number of hydrogen-bond acceptors (Lipinski definition) is 1. The molecule has 0 heterocycles. The van der Waals surface area contributed by atoms with Gasteiger partial charge in [0.05, 0.1) is 0 Å². The molecule has 0 unspecified atom stereocenters. The number of rotatable bonds is 6. The van der Waals surface area contributed by atoms with Crippen LogP contribution in [0.4, 0.5) is 5.69 Å². The maximum atomic E-state index is 6.33. The van der Waals surface area contributed by atoms with E-state index in [1.54, 1.807) is 0 Å². The van der Waals surface area contributed by atoms with Gasteiger partial charge in [-0.25, -0.2) is 0 Å². The summed E-state index contributed by atoms with van der Waals surface area (Å²) >= 11 is 12.2. The van der Waals surface area contributed by atoms with Crippen molar-refractivity contribution < 1.29 is 0 Å². The number of halogens is 2. The van der Waals surface area contributed by atoms with Gasteiger partial charge in [0.25, 0.3) is 0 Å². The minimum absolute atomic E-state index is 0.481. The van der Waals surface area contributed by atoms with Gasteiger partial charge in [0.2, 0.25) is 0 Å². The molecule has 1 aromatic carbocycles. The fraction of sp³-hybridized carbons (Fsp3) is 0.647. The zero-order valence-electron chi connectivity index (χ0n) is 12.5. The minimum atomic E-state index is 0.481. The Balaban J connectivity index is 2.18. The van der Waals surface area contributed by atoms with Crippen LogP contribution in [0.2, 0.25) is 5.02 Å². The molecule has 0 atom stereocenters. The molecule has 0 saturated heterocycles. The molecular weight excluding hydrogens is 289 g/mol. The highest BCUT2D eigenvalue weighted by Crippen LogP contribution is 2.31. The zero-order valence-corrected chi connectivity index (χ0v) is 14.1.